The van der Waals surface area contributed by atoms with E-state index < -0.39 is 0 Å². The SMILES string of the molecule is O=C(NC1CCCCC1)[C@H]1CCc2sc(C(=O)N3CCCCC3)cc2C1. The molecule has 1 aliphatic heterocycles. The fraction of sp³-hybridized carbons (Fsp3) is 0.714. The summed E-state index contributed by atoms with van der Waals surface area (Å²) >= 11 is 1.66. The second-order valence-electron chi connectivity index (χ2n) is 8.20. The topological polar surface area (TPSA) is 49.4 Å². The molecule has 1 saturated heterocycles. The third-order valence-electron chi connectivity index (χ3n) is 6.26. The maximum atomic E-state index is 12.8. The summed E-state index contributed by atoms with van der Waals surface area (Å²) in [4.78, 5) is 29.6. The monoisotopic (exact) mass is 374 g/mol. The van der Waals surface area contributed by atoms with Gasteiger partial charge in [0, 0.05) is 29.9 Å². The van der Waals surface area contributed by atoms with E-state index in [9.17, 15) is 9.59 Å². The standard InChI is InChI=1S/C21H30N2O2S/c24-20(22-17-7-3-1-4-8-17)15-9-10-18-16(13-15)14-19(26-18)21(25)23-11-5-2-6-12-23/h14-15,17H,1-13H2,(H,22,24)/t15-/m0/s1. The second-order valence-corrected chi connectivity index (χ2v) is 9.33. The summed E-state index contributed by atoms with van der Waals surface area (Å²) < 4.78 is 0. The molecule has 2 aliphatic carbocycles. The first-order chi connectivity index (χ1) is 12.7. The Balaban J connectivity index is 1.38. The van der Waals surface area contributed by atoms with E-state index in [2.05, 4.69) is 11.4 Å². The third-order valence-corrected chi connectivity index (χ3v) is 7.48. The Morgan fingerprint density at radius 3 is 2.50 bits per heavy atom. The van der Waals surface area contributed by atoms with Gasteiger partial charge in [-0.25, -0.2) is 0 Å². The maximum Gasteiger partial charge on any atom is 0.263 e. The molecule has 1 aromatic rings. The van der Waals surface area contributed by atoms with E-state index in [0.29, 0.717) is 6.04 Å². The molecule has 0 unspecified atom stereocenters. The molecule has 0 bridgehead atoms. The molecule has 1 saturated carbocycles. The first-order valence-corrected chi connectivity index (χ1v) is 11.2. The first-order valence-electron chi connectivity index (χ1n) is 10.4. The predicted molar refractivity (Wildman–Crippen MR) is 105 cm³/mol. The number of likely N-dealkylation sites (tertiary alicyclic amines) is 1. The number of fused-ring (bicyclic) bond motifs is 1. The zero-order valence-electron chi connectivity index (χ0n) is 15.6. The average Bonchev–Trinajstić information content (AvgIpc) is 3.12. The van der Waals surface area contributed by atoms with Crippen molar-refractivity contribution >= 4 is 23.2 Å². The molecule has 4 rings (SSSR count). The number of nitrogens with zero attached hydrogens (tertiary/aromatic N) is 1. The van der Waals surface area contributed by atoms with Gasteiger partial charge in [0.25, 0.3) is 5.91 Å². The van der Waals surface area contributed by atoms with Crippen LogP contribution in [0, 0.1) is 5.92 Å². The number of hydrogen-bond donors (Lipinski definition) is 1. The van der Waals surface area contributed by atoms with Gasteiger partial charge in [-0.1, -0.05) is 19.3 Å². The highest BCUT2D eigenvalue weighted by Gasteiger charge is 2.30. The van der Waals surface area contributed by atoms with Gasteiger partial charge in [0.2, 0.25) is 5.91 Å². The van der Waals surface area contributed by atoms with Gasteiger partial charge in [0.15, 0.2) is 0 Å². The maximum absolute atomic E-state index is 12.8. The van der Waals surface area contributed by atoms with Crippen LogP contribution in [0.25, 0.3) is 0 Å². The zero-order valence-corrected chi connectivity index (χ0v) is 16.4. The lowest BCUT2D eigenvalue weighted by atomic mass is 9.87. The molecule has 2 fully saturated rings. The van der Waals surface area contributed by atoms with E-state index in [-0.39, 0.29) is 17.7 Å². The lowest BCUT2D eigenvalue weighted by Crippen LogP contribution is -2.41. The minimum Gasteiger partial charge on any atom is -0.353 e. The molecule has 2 amide bonds. The summed E-state index contributed by atoms with van der Waals surface area (Å²) in [6.07, 6.45) is 12.2. The molecule has 5 heteroatoms. The van der Waals surface area contributed by atoms with E-state index in [0.717, 1.165) is 62.9 Å². The molecule has 1 N–H and O–H groups in total. The first kappa shape index (κ1) is 18.0. The molecule has 4 nitrogen and oxygen atoms in total. The van der Waals surface area contributed by atoms with Gasteiger partial charge in [-0.15, -0.1) is 11.3 Å². The number of carbonyl (C=O) groups is 2. The van der Waals surface area contributed by atoms with Crippen molar-refractivity contribution in [1.29, 1.82) is 0 Å². The van der Waals surface area contributed by atoms with Gasteiger partial charge >= 0.3 is 0 Å². The molecule has 0 radical (unpaired) electrons. The molecule has 0 spiro atoms. The quantitative estimate of drug-likeness (QED) is 0.871. The summed E-state index contributed by atoms with van der Waals surface area (Å²) in [5, 5.41) is 3.29. The molecule has 2 heterocycles. The third kappa shape index (κ3) is 3.98. The van der Waals surface area contributed by atoms with Crippen LogP contribution in [-0.4, -0.2) is 35.8 Å². The van der Waals surface area contributed by atoms with Crippen LogP contribution in [-0.2, 0) is 17.6 Å². The van der Waals surface area contributed by atoms with Gasteiger partial charge in [0.1, 0.15) is 0 Å². The molecule has 1 atom stereocenters. The molecule has 1 aromatic heterocycles. The van der Waals surface area contributed by atoms with Crippen LogP contribution in [0.2, 0.25) is 0 Å². The van der Waals surface area contributed by atoms with E-state index in [4.69, 9.17) is 0 Å². The van der Waals surface area contributed by atoms with Gasteiger partial charge in [-0.05, 0) is 63.0 Å². The van der Waals surface area contributed by atoms with Gasteiger partial charge in [-0.3, -0.25) is 9.59 Å². The van der Waals surface area contributed by atoms with Crippen LogP contribution < -0.4 is 5.32 Å². The zero-order chi connectivity index (χ0) is 17.9. The van der Waals surface area contributed by atoms with Crippen molar-refractivity contribution in [1.82, 2.24) is 10.2 Å². The Morgan fingerprint density at radius 2 is 1.73 bits per heavy atom. The van der Waals surface area contributed by atoms with E-state index in [1.807, 2.05) is 4.90 Å². The average molecular weight is 375 g/mol. The Labute approximate surface area is 160 Å². The summed E-state index contributed by atoms with van der Waals surface area (Å²) in [5.74, 6) is 0.516. The van der Waals surface area contributed by atoms with Crippen LogP contribution in [0.5, 0.6) is 0 Å². The lowest BCUT2D eigenvalue weighted by molar-refractivity contribution is -0.126. The fourth-order valence-electron chi connectivity index (χ4n) is 4.67. The van der Waals surface area contributed by atoms with Crippen LogP contribution in [0.3, 0.4) is 0 Å². The van der Waals surface area contributed by atoms with Crippen molar-refractivity contribution < 1.29 is 9.59 Å². The summed E-state index contributed by atoms with van der Waals surface area (Å²) in [6, 6.07) is 2.47. The van der Waals surface area contributed by atoms with Gasteiger partial charge in [-0.2, -0.15) is 0 Å². The van der Waals surface area contributed by atoms with Crippen molar-refractivity contribution in [3.05, 3.63) is 21.4 Å². The normalized spacial score (nSPS) is 24.2. The van der Waals surface area contributed by atoms with E-state index >= 15 is 0 Å². The van der Waals surface area contributed by atoms with Crippen LogP contribution in [0.15, 0.2) is 6.07 Å². The highest BCUT2D eigenvalue weighted by Crippen LogP contribution is 2.33. The van der Waals surface area contributed by atoms with Gasteiger partial charge in [0.05, 0.1) is 4.88 Å². The molecule has 26 heavy (non-hydrogen) atoms. The Kier molecular flexibility index (Phi) is 5.63. The largest absolute Gasteiger partial charge is 0.353 e. The predicted octanol–water partition coefficient (Wildman–Crippen LogP) is 3.93. The van der Waals surface area contributed by atoms with Gasteiger partial charge < -0.3 is 10.2 Å². The van der Waals surface area contributed by atoms with Crippen molar-refractivity contribution in [2.75, 3.05) is 13.1 Å². The fourth-order valence-corrected chi connectivity index (χ4v) is 5.85. The second kappa shape index (κ2) is 8.12. The number of piperidine rings is 1. The van der Waals surface area contributed by atoms with E-state index in [1.54, 1.807) is 11.3 Å². The lowest BCUT2D eigenvalue weighted by Gasteiger charge is -2.27. The van der Waals surface area contributed by atoms with Crippen LogP contribution in [0.4, 0.5) is 0 Å². The van der Waals surface area contributed by atoms with Crippen molar-refractivity contribution in [3.63, 3.8) is 0 Å². The molecular weight excluding hydrogens is 344 g/mol. The minimum absolute atomic E-state index is 0.0805. The minimum atomic E-state index is 0.0805. The number of rotatable bonds is 3. The number of nitrogens with one attached hydrogen (secondary N) is 1. The number of thiophene rings is 1. The number of amides is 2. The molecular formula is C21H30N2O2S. The van der Waals surface area contributed by atoms with Crippen molar-refractivity contribution in [2.45, 2.75) is 76.7 Å². The highest BCUT2D eigenvalue weighted by molar-refractivity contribution is 7.14. The summed E-state index contributed by atoms with van der Waals surface area (Å²) in [5.41, 5.74) is 1.24. The Hall–Kier alpha value is -1.36. The summed E-state index contributed by atoms with van der Waals surface area (Å²) in [6.45, 7) is 1.79. The van der Waals surface area contributed by atoms with E-state index in [1.165, 1.54) is 36.1 Å². The number of hydrogen-bond acceptors (Lipinski definition) is 3. The Bertz CT molecular complexity index is 657. The number of carbonyl (C=O) groups excluding carboxylic acids is 2. The Morgan fingerprint density at radius 1 is 1.00 bits per heavy atom. The summed E-state index contributed by atoms with van der Waals surface area (Å²) in [7, 11) is 0. The van der Waals surface area contributed by atoms with Crippen molar-refractivity contribution in [2.24, 2.45) is 5.92 Å². The van der Waals surface area contributed by atoms with Crippen molar-refractivity contribution in [3.8, 4) is 0 Å². The molecule has 3 aliphatic rings. The molecule has 142 valence electrons. The van der Waals surface area contributed by atoms with Crippen LogP contribution >= 0.6 is 11.3 Å². The number of aryl methyl sites for hydroxylation is 1. The highest BCUT2D eigenvalue weighted by atomic mass is 32.1. The van der Waals surface area contributed by atoms with Crippen LogP contribution in [0.1, 0.15) is 77.9 Å². The smallest absolute Gasteiger partial charge is 0.263 e. The molecule has 0 aromatic carbocycles.